The first-order valence-electron chi connectivity index (χ1n) is 6.45. The van der Waals surface area contributed by atoms with Gasteiger partial charge in [0.25, 0.3) is 0 Å². The molecule has 0 unspecified atom stereocenters. The third kappa shape index (κ3) is 2.80. The summed E-state index contributed by atoms with van der Waals surface area (Å²) in [5.74, 6) is -0.593. The summed E-state index contributed by atoms with van der Waals surface area (Å²) in [6.07, 6.45) is 0. The molecule has 0 bridgehead atoms. The molecule has 1 atom stereocenters. The molecule has 4 heteroatoms. The largest absolute Gasteiger partial charge is 0.344 e. The monoisotopic (exact) mass is 276 g/mol. The smallest absolute Gasteiger partial charge is 0.126 e. The second kappa shape index (κ2) is 5.59. The van der Waals surface area contributed by atoms with Crippen LogP contribution in [0.3, 0.4) is 0 Å². The average molecular weight is 276 g/mol. The Labute approximate surface area is 117 Å². The van der Waals surface area contributed by atoms with E-state index in [0.29, 0.717) is 16.8 Å². The molecule has 20 heavy (non-hydrogen) atoms. The van der Waals surface area contributed by atoms with E-state index in [2.05, 4.69) is 0 Å². The lowest BCUT2D eigenvalue weighted by Crippen LogP contribution is -2.16. The Hall–Kier alpha value is -1.94. The van der Waals surface area contributed by atoms with Crippen molar-refractivity contribution in [1.82, 2.24) is 0 Å². The average Bonchev–Trinajstić information content (AvgIpc) is 2.40. The van der Waals surface area contributed by atoms with Crippen molar-refractivity contribution in [2.75, 3.05) is 11.9 Å². The normalized spacial score (nSPS) is 12.3. The second-order valence-electron chi connectivity index (χ2n) is 4.99. The zero-order chi connectivity index (χ0) is 14.9. The van der Waals surface area contributed by atoms with Crippen molar-refractivity contribution in [3.05, 3.63) is 59.2 Å². The van der Waals surface area contributed by atoms with Gasteiger partial charge in [-0.15, -0.1) is 0 Å². The summed E-state index contributed by atoms with van der Waals surface area (Å²) in [6, 6.07) is 9.14. The number of halogens is 2. The summed E-state index contributed by atoms with van der Waals surface area (Å²) >= 11 is 0. The van der Waals surface area contributed by atoms with Crippen molar-refractivity contribution in [1.29, 1.82) is 0 Å². The summed E-state index contributed by atoms with van der Waals surface area (Å²) in [4.78, 5) is 1.81. The van der Waals surface area contributed by atoms with Crippen LogP contribution in [-0.2, 0) is 0 Å². The Bertz CT molecular complexity index is 624. The molecule has 106 valence electrons. The number of hydrogen-bond acceptors (Lipinski definition) is 2. The van der Waals surface area contributed by atoms with E-state index in [-0.39, 0.29) is 17.7 Å². The maximum atomic E-state index is 13.7. The Kier molecular flexibility index (Phi) is 4.04. The minimum absolute atomic E-state index is 0.284. The SMILES string of the molecule is Cc1cc(N(C)c2cccc(F)c2)c([C@@H](C)N)cc1F. The van der Waals surface area contributed by atoms with Crippen molar-refractivity contribution in [3.63, 3.8) is 0 Å². The Morgan fingerprint density at radius 2 is 1.85 bits per heavy atom. The first-order chi connectivity index (χ1) is 9.40. The zero-order valence-corrected chi connectivity index (χ0v) is 11.8. The topological polar surface area (TPSA) is 29.3 Å². The van der Waals surface area contributed by atoms with Crippen molar-refractivity contribution >= 4 is 11.4 Å². The van der Waals surface area contributed by atoms with Crippen LogP contribution >= 0.6 is 0 Å². The second-order valence-corrected chi connectivity index (χ2v) is 4.99. The summed E-state index contributed by atoms with van der Waals surface area (Å²) < 4.78 is 27.0. The van der Waals surface area contributed by atoms with E-state index >= 15 is 0 Å². The fourth-order valence-corrected chi connectivity index (χ4v) is 2.16. The van der Waals surface area contributed by atoms with Gasteiger partial charge >= 0.3 is 0 Å². The highest BCUT2D eigenvalue weighted by Crippen LogP contribution is 2.32. The van der Waals surface area contributed by atoms with E-state index in [1.807, 2.05) is 11.9 Å². The number of anilines is 2. The number of rotatable bonds is 3. The first-order valence-corrected chi connectivity index (χ1v) is 6.45. The van der Waals surface area contributed by atoms with Crippen LogP contribution in [0.5, 0.6) is 0 Å². The lowest BCUT2D eigenvalue weighted by atomic mass is 10.0. The molecule has 0 heterocycles. The quantitative estimate of drug-likeness (QED) is 0.916. The minimum atomic E-state index is -0.310. The summed E-state index contributed by atoms with van der Waals surface area (Å²) in [5, 5.41) is 0. The van der Waals surface area contributed by atoms with Crippen LogP contribution in [0.15, 0.2) is 36.4 Å². The Morgan fingerprint density at radius 1 is 1.15 bits per heavy atom. The van der Waals surface area contributed by atoms with Gasteiger partial charge in [-0.05, 0) is 55.3 Å². The lowest BCUT2D eigenvalue weighted by Gasteiger charge is -2.25. The van der Waals surface area contributed by atoms with Crippen LogP contribution < -0.4 is 10.6 Å². The fourth-order valence-electron chi connectivity index (χ4n) is 2.16. The number of aryl methyl sites for hydroxylation is 1. The predicted octanol–water partition coefficient (Wildman–Crippen LogP) is 4.06. The van der Waals surface area contributed by atoms with Crippen LogP contribution in [-0.4, -0.2) is 7.05 Å². The van der Waals surface area contributed by atoms with Crippen LogP contribution in [0.2, 0.25) is 0 Å². The van der Waals surface area contributed by atoms with Gasteiger partial charge in [0.05, 0.1) is 0 Å². The molecule has 2 rings (SSSR count). The molecule has 0 fully saturated rings. The Balaban J connectivity index is 2.53. The third-order valence-corrected chi connectivity index (χ3v) is 3.36. The van der Waals surface area contributed by atoms with Gasteiger partial charge in [-0.25, -0.2) is 8.78 Å². The summed E-state index contributed by atoms with van der Waals surface area (Å²) in [6.45, 7) is 3.50. The van der Waals surface area contributed by atoms with Gasteiger partial charge in [0, 0.05) is 24.5 Å². The van der Waals surface area contributed by atoms with Gasteiger partial charge in [0.2, 0.25) is 0 Å². The molecule has 0 saturated heterocycles. The first kappa shape index (κ1) is 14.5. The standard InChI is InChI=1S/C16H18F2N2/c1-10-7-16(14(11(2)19)9-15(10)18)20(3)13-6-4-5-12(17)8-13/h4-9,11H,19H2,1-3H3/t11-/m1/s1. The van der Waals surface area contributed by atoms with Gasteiger partial charge < -0.3 is 10.6 Å². The van der Waals surface area contributed by atoms with Crippen molar-refractivity contribution in [3.8, 4) is 0 Å². The molecule has 0 aliphatic carbocycles. The number of benzene rings is 2. The fraction of sp³-hybridized carbons (Fsp3) is 0.250. The van der Waals surface area contributed by atoms with Crippen LogP contribution in [0.1, 0.15) is 24.1 Å². The molecule has 0 spiro atoms. The van der Waals surface area contributed by atoms with Gasteiger partial charge in [0.1, 0.15) is 11.6 Å². The number of nitrogens with zero attached hydrogens (tertiary/aromatic N) is 1. The lowest BCUT2D eigenvalue weighted by molar-refractivity contribution is 0.613. The molecule has 2 N–H and O–H groups in total. The molecule has 0 saturated carbocycles. The maximum absolute atomic E-state index is 13.7. The van der Waals surface area contributed by atoms with Crippen molar-refractivity contribution in [2.45, 2.75) is 19.9 Å². The molecule has 0 aliphatic rings. The van der Waals surface area contributed by atoms with E-state index in [0.717, 1.165) is 5.69 Å². The number of hydrogen-bond donors (Lipinski definition) is 1. The van der Waals surface area contributed by atoms with E-state index < -0.39 is 0 Å². The van der Waals surface area contributed by atoms with Gasteiger partial charge in [-0.3, -0.25) is 0 Å². The van der Waals surface area contributed by atoms with Gasteiger partial charge in [0.15, 0.2) is 0 Å². The highest BCUT2D eigenvalue weighted by atomic mass is 19.1. The van der Waals surface area contributed by atoms with E-state index in [9.17, 15) is 8.78 Å². The highest BCUT2D eigenvalue weighted by molar-refractivity contribution is 5.67. The van der Waals surface area contributed by atoms with Crippen molar-refractivity contribution < 1.29 is 8.78 Å². The summed E-state index contributed by atoms with van der Waals surface area (Å²) in [5.41, 5.74) is 8.62. The highest BCUT2D eigenvalue weighted by Gasteiger charge is 2.15. The molecule has 0 aromatic heterocycles. The van der Waals surface area contributed by atoms with Crippen molar-refractivity contribution in [2.24, 2.45) is 5.73 Å². The molecule has 0 radical (unpaired) electrons. The van der Waals surface area contributed by atoms with Crippen LogP contribution in [0.4, 0.5) is 20.2 Å². The molecule has 0 amide bonds. The maximum Gasteiger partial charge on any atom is 0.126 e. The third-order valence-electron chi connectivity index (χ3n) is 3.36. The van der Waals surface area contributed by atoms with E-state index in [4.69, 9.17) is 5.73 Å². The van der Waals surface area contributed by atoms with Crippen LogP contribution in [0, 0.1) is 18.6 Å². The Morgan fingerprint density at radius 3 is 2.45 bits per heavy atom. The molecule has 0 aliphatic heterocycles. The van der Waals surface area contributed by atoms with Gasteiger partial charge in [-0.1, -0.05) is 6.07 Å². The number of nitrogens with two attached hydrogens (primary N) is 1. The molecular weight excluding hydrogens is 258 g/mol. The van der Waals surface area contributed by atoms with Crippen LogP contribution in [0.25, 0.3) is 0 Å². The molecule has 2 nitrogen and oxygen atoms in total. The molecular formula is C16H18F2N2. The summed E-state index contributed by atoms with van der Waals surface area (Å²) in [7, 11) is 1.81. The van der Waals surface area contributed by atoms with E-state index in [1.54, 1.807) is 32.0 Å². The molecule has 2 aromatic rings. The van der Waals surface area contributed by atoms with Gasteiger partial charge in [-0.2, -0.15) is 0 Å². The molecule has 2 aromatic carbocycles. The minimum Gasteiger partial charge on any atom is -0.344 e. The predicted molar refractivity (Wildman–Crippen MR) is 78.2 cm³/mol. The zero-order valence-electron chi connectivity index (χ0n) is 11.8. The van der Waals surface area contributed by atoms with E-state index in [1.165, 1.54) is 18.2 Å².